The largest absolute Gasteiger partial charge is 0.496 e. The van der Waals surface area contributed by atoms with E-state index >= 15 is 0 Å². The van der Waals surface area contributed by atoms with Gasteiger partial charge in [0.05, 0.1) is 12.6 Å². The van der Waals surface area contributed by atoms with Crippen LogP contribution in [0.2, 0.25) is 0 Å². The maximum atomic E-state index is 5.73. The molecule has 0 amide bonds. The van der Waals surface area contributed by atoms with Gasteiger partial charge in [-0.2, -0.15) is 0 Å². The molecule has 18 heavy (non-hydrogen) atoms. The van der Waals surface area contributed by atoms with Crippen LogP contribution in [0.15, 0.2) is 11.8 Å². The highest BCUT2D eigenvalue weighted by Gasteiger charge is 2.34. The number of hydrazine groups is 1. The summed E-state index contributed by atoms with van der Waals surface area (Å²) in [5.74, 6) is 8.30. The molecule has 1 saturated carbocycles. The highest BCUT2D eigenvalue weighted by Crippen LogP contribution is 2.41. The monoisotopic (exact) mass is 252 g/mol. The second-order valence-electron chi connectivity index (χ2n) is 6.87. The van der Waals surface area contributed by atoms with Crippen molar-refractivity contribution in [1.29, 1.82) is 0 Å². The van der Waals surface area contributed by atoms with Crippen molar-refractivity contribution in [2.24, 2.45) is 23.1 Å². The van der Waals surface area contributed by atoms with E-state index in [9.17, 15) is 0 Å². The number of nitrogens with one attached hydrogen (secondary N) is 1. The average molecular weight is 252 g/mol. The maximum absolute atomic E-state index is 5.73. The highest BCUT2D eigenvalue weighted by molar-refractivity contribution is 5.09. The zero-order valence-corrected chi connectivity index (χ0v) is 12.0. The van der Waals surface area contributed by atoms with Gasteiger partial charge in [-0.25, -0.2) is 5.43 Å². The van der Waals surface area contributed by atoms with Gasteiger partial charge in [0.1, 0.15) is 5.76 Å². The summed E-state index contributed by atoms with van der Waals surface area (Å²) in [6.45, 7) is 7.91. The van der Waals surface area contributed by atoms with Crippen molar-refractivity contribution in [1.82, 2.24) is 5.43 Å². The minimum absolute atomic E-state index is 0.230. The quantitative estimate of drug-likeness (QED) is 0.599. The molecule has 0 radical (unpaired) electrons. The molecule has 0 aromatic rings. The van der Waals surface area contributed by atoms with E-state index in [2.05, 4.69) is 32.3 Å². The molecule has 1 unspecified atom stereocenters. The molecule has 1 aliphatic carbocycles. The van der Waals surface area contributed by atoms with Crippen LogP contribution in [0.1, 0.15) is 52.9 Å². The predicted octanol–water partition coefficient (Wildman–Crippen LogP) is 2.98. The molecule has 3 heteroatoms. The molecule has 3 N–H and O–H groups in total. The van der Waals surface area contributed by atoms with Crippen molar-refractivity contribution in [3.63, 3.8) is 0 Å². The summed E-state index contributed by atoms with van der Waals surface area (Å²) in [4.78, 5) is 0. The number of nitrogens with two attached hydrogens (primary N) is 1. The van der Waals surface area contributed by atoms with Crippen LogP contribution in [0, 0.1) is 17.3 Å². The lowest BCUT2D eigenvalue weighted by atomic mass is 9.68. The van der Waals surface area contributed by atoms with Crippen LogP contribution >= 0.6 is 0 Å². The fraction of sp³-hybridized carbons (Fsp3) is 0.867. The Morgan fingerprint density at radius 2 is 1.94 bits per heavy atom. The minimum Gasteiger partial charge on any atom is -0.496 e. The van der Waals surface area contributed by atoms with E-state index in [0.717, 1.165) is 24.7 Å². The number of hydrogen-bond acceptors (Lipinski definition) is 3. The third kappa shape index (κ3) is 3.07. The van der Waals surface area contributed by atoms with Crippen molar-refractivity contribution in [2.75, 3.05) is 6.61 Å². The van der Waals surface area contributed by atoms with Crippen LogP contribution in [0.4, 0.5) is 0 Å². The zero-order valence-electron chi connectivity index (χ0n) is 12.0. The van der Waals surface area contributed by atoms with Gasteiger partial charge in [-0.05, 0) is 49.0 Å². The van der Waals surface area contributed by atoms with Crippen molar-refractivity contribution < 1.29 is 4.74 Å². The van der Waals surface area contributed by atoms with Crippen molar-refractivity contribution in [2.45, 2.75) is 58.9 Å². The van der Waals surface area contributed by atoms with Crippen LogP contribution in [0.5, 0.6) is 0 Å². The van der Waals surface area contributed by atoms with E-state index in [4.69, 9.17) is 10.6 Å². The lowest BCUT2D eigenvalue weighted by Gasteiger charge is -2.39. The summed E-state index contributed by atoms with van der Waals surface area (Å²) >= 11 is 0. The third-order valence-electron chi connectivity index (χ3n) is 4.69. The summed E-state index contributed by atoms with van der Waals surface area (Å²) in [6, 6.07) is 0.230. The molecule has 1 fully saturated rings. The number of ether oxygens (including phenoxy) is 1. The Morgan fingerprint density at radius 3 is 2.39 bits per heavy atom. The van der Waals surface area contributed by atoms with E-state index in [-0.39, 0.29) is 6.04 Å². The first kappa shape index (κ1) is 13.9. The SMILES string of the molecule is CC(C)(C)C1CCC(C(NN)C2=CCCO2)CC1. The smallest absolute Gasteiger partial charge is 0.111 e. The van der Waals surface area contributed by atoms with Crippen molar-refractivity contribution in [3.8, 4) is 0 Å². The third-order valence-corrected chi connectivity index (χ3v) is 4.69. The Bertz CT molecular complexity index is 298. The summed E-state index contributed by atoms with van der Waals surface area (Å²) in [6.07, 6.45) is 8.39. The van der Waals surface area contributed by atoms with Crippen molar-refractivity contribution >= 4 is 0 Å². The van der Waals surface area contributed by atoms with Crippen LogP contribution < -0.4 is 11.3 Å². The number of rotatable bonds is 3. The summed E-state index contributed by atoms with van der Waals surface area (Å²) in [5.41, 5.74) is 3.42. The first-order valence-electron chi connectivity index (χ1n) is 7.31. The van der Waals surface area contributed by atoms with Gasteiger partial charge in [-0.3, -0.25) is 5.84 Å². The number of hydrogen-bond donors (Lipinski definition) is 2. The van der Waals surface area contributed by atoms with E-state index in [1.807, 2.05) is 0 Å². The van der Waals surface area contributed by atoms with Crippen molar-refractivity contribution in [3.05, 3.63) is 11.8 Å². The Balaban J connectivity index is 1.92. The summed E-state index contributed by atoms with van der Waals surface area (Å²) in [5, 5.41) is 0. The van der Waals surface area contributed by atoms with Crippen LogP contribution in [0.25, 0.3) is 0 Å². The van der Waals surface area contributed by atoms with Gasteiger partial charge in [-0.1, -0.05) is 20.8 Å². The predicted molar refractivity (Wildman–Crippen MR) is 74.7 cm³/mol. The fourth-order valence-corrected chi connectivity index (χ4v) is 3.42. The Hall–Kier alpha value is -0.540. The van der Waals surface area contributed by atoms with E-state index in [1.54, 1.807) is 0 Å². The molecule has 104 valence electrons. The summed E-state index contributed by atoms with van der Waals surface area (Å²) < 4.78 is 5.67. The maximum Gasteiger partial charge on any atom is 0.111 e. The highest BCUT2D eigenvalue weighted by atomic mass is 16.5. The molecular formula is C15H28N2O. The second-order valence-corrected chi connectivity index (χ2v) is 6.87. The van der Waals surface area contributed by atoms with Gasteiger partial charge < -0.3 is 4.74 Å². The molecule has 1 aliphatic heterocycles. The lowest BCUT2D eigenvalue weighted by Crippen LogP contribution is -2.44. The van der Waals surface area contributed by atoms with Gasteiger partial charge in [0.25, 0.3) is 0 Å². The van der Waals surface area contributed by atoms with E-state index < -0.39 is 0 Å². The molecular weight excluding hydrogens is 224 g/mol. The Morgan fingerprint density at radius 1 is 1.28 bits per heavy atom. The van der Waals surface area contributed by atoms with Gasteiger partial charge >= 0.3 is 0 Å². The first-order valence-corrected chi connectivity index (χ1v) is 7.31. The zero-order chi connectivity index (χ0) is 13.2. The van der Waals surface area contributed by atoms with Crippen LogP contribution in [-0.4, -0.2) is 12.6 Å². The lowest BCUT2D eigenvalue weighted by molar-refractivity contribution is 0.119. The van der Waals surface area contributed by atoms with Gasteiger partial charge in [0, 0.05) is 6.42 Å². The average Bonchev–Trinajstić information content (AvgIpc) is 2.83. The molecule has 3 nitrogen and oxygen atoms in total. The fourth-order valence-electron chi connectivity index (χ4n) is 3.42. The van der Waals surface area contributed by atoms with E-state index in [1.165, 1.54) is 25.7 Å². The molecule has 0 saturated heterocycles. The van der Waals surface area contributed by atoms with Gasteiger partial charge in [0.15, 0.2) is 0 Å². The summed E-state index contributed by atoms with van der Waals surface area (Å²) in [7, 11) is 0. The van der Waals surface area contributed by atoms with Crippen LogP contribution in [-0.2, 0) is 4.74 Å². The molecule has 1 heterocycles. The van der Waals surface area contributed by atoms with Gasteiger partial charge in [-0.15, -0.1) is 0 Å². The first-order chi connectivity index (χ1) is 8.52. The Labute approximate surface area is 111 Å². The molecule has 0 spiro atoms. The van der Waals surface area contributed by atoms with Crippen LogP contribution in [0.3, 0.4) is 0 Å². The standard InChI is InChI=1S/C15H28N2O/c1-15(2,3)12-8-6-11(7-9-12)14(17-16)13-5-4-10-18-13/h5,11-12,14,17H,4,6-10,16H2,1-3H3. The normalized spacial score (nSPS) is 30.8. The molecule has 0 bridgehead atoms. The molecule has 2 rings (SSSR count). The van der Waals surface area contributed by atoms with E-state index in [0.29, 0.717) is 11.3 Å². The Kier molecular flexibility index (Phi) is 4.33. The molecule has 0 aromatic heterocycles. The minimum atomic E-state index is 0.230. The van der Waals surface area contributed by atoms with Gasteiger partial charge in [0.2, 0.25) is 0 Å². The topological polar surface area (TPSA) is 47.3 Å². The second kappa shape index (κ2) is 5.62. The molecule has 2 aliphatic rings. The molecule has 0 aromatic carbocycles. The molecule has 1 atom stereocenters.